The first kappa shape index (κ1) is 20.2. The Labute approximate surface area is 183 Å². The summed E-state index contributed by atoms with van der Waals surface area (Å²) in [5, 5.41) is 0.821. The first-order valence-corrected chi connectivity index (χ1v) is 10.3. The molecule has 6 nitrogen and oxygen atoms in total. The largest absolute Gasteiger partial charge is 0.484 e. The lowest BCUT2D eigenvalue weighted by Gasteiger charge is -2.39. The second-order valence-electron chi connectivity index (χ2n) is 8.47. The van der Waals surface area contributed by atoms with E-state index in [0.717, 1.165) is 16.5 Å². The molecule has 0 unspecified atom stereocenters. The normalized spacial score (nSPS) is 16.9. The zero-order valence-corrected chi connectivity index (χ0v) is 17.9. The summed E-state index contributed by atoms with van der Waals surface area (Å²) >= 11 is 0. The number of benzene rings is 2. The van der Waals surface area contributed by atoms with Crippen molar-refractivity contribution in [1.29, 1.82) is 0 Å². The fourth-order valence-electron chi connectivity index (χ4n) is 3.89. The van der Waals surface area contributed by atoms with Gasteiger partial charge in [0.15, 0.2) is 0 Å². The maximum absolute atomic E-state index is 13.6. The molecule has 2 aromatic carbocycles. The van der Waals surface area contributed by atoms with Gasteiger partial charge in [0.2, 0.25) is 5.88 Å². The van der Waals surface area contributed by atoms with Crippen LogP contribution in [0.25, 0.3) is 22.2 Å². The van der Waals surface area contributed by atoms with Gasteiger partial charge in [-0.05, 0) is 62.2 Å². The van der Waals surface area contributed by atoms with Gasteiger partial charge in [-0.2, -0.15) is 0 Å². The van der Waals surface area contributed by atoms with E-state index in [1.165, 1.54) is 18.5 Å². The minimum atomic E-state index is -0.659. The van der Waals surface area contributed by atoms with Crippen LogP contribution in [-0.4, -0.2) is 21.7 Å². The molecule has 0 N–H and O–H groups in total. The molecule has 5 rings (SSSR count). The first-order valence-electron chi connectivity index (χ1n) is 10.3. The summed E-state index contributed by atoms with van der Waals surface area (Å²) in [5.74, 6) is 0.821. The van der Waals surface area contributed by atoms with E-state index in [0.29, 0.717) is 34.9 Å². The van der Waals surface area contributed by atoms with Gasteiger partial charge in [0.1, 0.15) is 35.2 Å². The molecule has 0 amide bonds. The number of fused-ring (bicyclic) bond motifs is 2. The molecule has 3 heterocycles. The van der Waals surface area contributed by atoms with Crippen molar-refractivity contribution in [2.45, 2.75) is 38.9 Å². The highest BCUT2D eigenvalue weighted by Crippen LogP contribution is 2.37. The highest BCUT2D eigenvalue weighted by atomic mass is 19.1. The van der Waals surface area contributed by atoms with E-state index in [9.17, 15) is 9.18 Å². The van der Waals surface area contributed by atoms with E-state index < -0.39 is 11.2 Å². The minimum Gasteiger partial charge on any atom is -0.484 e. The number of halogens is 1. The highest BCUT2D eigenvalue weighted by Gasteiger charge is 2.39. The Hall–Kier alpha value is -3.74. The van der Waals surface area contributed by atoms with Crippen molar-refractivity contribution in [2.75, 3.05) is 0 Å². The molecular weight excluding hydrogens is 411 g/mol. The maximum atomic E-state index is 13.6. The monoisotopic (exact) mass is 432 g/mol. The smallest absolute Gasteiger partial charge is 0.336 e. The van der Waals surface area contributed by atoms with E-state index in [4.69, 9.17) is 13.9 Å². The zero-order chi connectivity index (χ0) is 22.5. The van der Waals surface area contributed by atoms with Crippen molar-refractivity contribution in [3.8, 4) is 22.9 Å². The Morgan fingerprint density at radius 2 is 1.94 bits per heavy atom. The predicted octanol–water partition coefficient (Wildman–Crippen LogP) is 4.86. The van der Waals surface area contributed by atoms with Crippen molar-refractivity contribution < 1.29 is 18.3 Å². The third kappa shape index (κ3) is 3.70. The van der Waals surface area contributed by atoms with Crippen LogP contribution in [0.4, 0.5) is 4.39 Å². The topological polar surface area (TPSA) is 74.5 Å². The van der Waals surface area contributed by atoms with Gasteiger partial charge < -0.3 is 13.9 Å². The third-order valence-corrected chi connectivity index (χ3v) is 5.71. The van der Waals surface area contributed by atoms with Gasteiger partial charge in [-0.15, -0.1) is 0 Å². The Morgan fingerprint density at radius 1 is 1.09 bits per heavy atom. The molecule has 0 fully saturated rings. The van der Waals surface area contributed by atoms with Gasteiger partial charge in [0.05, 0.1) is 5.69 Å². The van der Waals surface area contributed by atoms with Crippen molar-refractivity contribution in [3.05, 3.63) is 82.2 Å². The molecule has 0 aliphatic carbocycles. The van der Waals surface area contributed by atoms with Gasteiger partial charge in [0.25, 0.3) is 0 Å². The Balaban J connectivity index is 1.45. The van der Waals surface area contributed by atoms with Crippen LogP contribution in [0.3, 0.4) is 0 Å². The Bertz CT molecular complexity index is 1400. The molecule has 0 bridgehead atoms. The molecule has 1 aliphatic heterocycles. The van der Waals surface area contributed by atoms with Crippen LogP contribution in [0.1, 0.15) is 25.0 Å². The minimum absolute atomic E-state index is 0.258. The van der Waals surface area contributed by atoms with E-state index in [-0.39, 0.29) is 11.9 Å². The summed E-state index contributed by atoms with van der Waals surface area (Å²) < 4.78 is 31.4. The molecule has 4 aromatic rings. The lowest BCUT2D eigenvalue weighted by Crippen LogP contribution is -2.49. The van der Waals surface area contributed by atoms with Crippen molar-refractivity contribution in [1.82, 2.24) is 9.97 Å². The number of hydrogen-bond acceptors (Lipinski definition) is 6. The molecule has 0 saturated heterocycles. The van der Waals surface area contributed by atoms with Gasteiger partial charge in [-0.1, -0.05) is 0 Å². The average molecular weight is 432 g/mol. The lowest BCUT2D eigenvalue weighted by atomic mass is 9.90. The van der Waals surface area contributed by atoms with E-state index >= 15 is 0 Å². The van der Waals surface area contributed by atoms with Gasteiger partial charge >= 0.3 is 5.63 Å². The molecule has 2 aromatic heterocycles. The molecule has 0 radical (unpaired) electrons. The Kier molecular flexibility index (Phi) is 4.69. The van der Waals surface area contributed by atoms with Crippen LogP contribution in [-0.2, 0) is 6.42 Å². The van der Waals surface area contributed by atoms with Crippen LogP contribution >= 0.6 is 0 Å². The first-order chi connectivity index (χ1) is 15.3. The van der Waals surface area contributed by atoms with Crippen LogP contribution in [0, 0.1) is 12.7 Å². The average Bonchev–Trinajstić information content (AvgIpc) is 2.75. The van der Waals surface area contributed by atoms with E-state index in [2.05, 4.69) is 9.97 Å². The number of aryl methyl sites for hydroxylation is 1. The number of rotatable bonds is 3. The zero-order valence-electron chi connectivity index (χ0n) is 17.9. The van der Waals surface area contributed by atoms with Crippen LogP contribution < -0.4 is 15.1 Å². The van der Waals surface area contributed by atoms with E-state index in [1.54, 1.807) is 37.3 Å². The van der Waals surface area contributed by atoms with Crippen molar-refractivity contribution in [3.63, 3.8) is 0 Å². The SMILES string of the molecule is Cc1cc(-c2cc(O[C@H]3Cc4cc5ccc(=O)oc5cc4OC3(C)C)ncn2)ccc1F. The molecule has 1 atom stereocenters. The van der Waals surface area contributed by atoms with Crippen molar-refractivity contribution in [2.24, 2.45) is 0 Å². The van der Waals surface area contributed by atoms with Crippen LogP contribution in [0.2, 0.25) is 0 Å². The van der Waals surface area contributed by atoms with Crippen LogP contribution in [0.5, 0.6) is 11.6 Å². The summed E-state index contributed by atoms with van der Waals surface area (Å²) in [6.07, 6.45) is 1.71. The fourth-order valence-corrected chi connectivity index (χ4v) is 3.89. The molecule has 1 aliphatic rings. The number of nitrogens with zero attached hydrogens (tertiary/aromatic N) is 2. The second kappa shape index (κ2) is 7.44. The van der Waals surface area contributed by atoms with Crippen molar-refractivity contribution >= 4 is 11.0 Å². The summed E-state index contributed by atoms with van der Waals surface area (Å²) in [5.41, 5.74) is 2.37. The predicted molar refractivity (Wildman–Crippen MR) is 117 cm³/mol. The van der Waals surface area contributed by atoms with Gasteiger partial charge in [-0.3, -0.25) is 0 Å². The molecule has 32 heavy (non-hydrogen) atoms. The molecule has 162 valence electrons. The summed E-state index contributed by atoms with van der Waals surface area (Å²) in [6, 6.07) is 13.4. The third-order valence-electron chi connectivity index (χ3n) is 5.71. The molecule has 0 spiro atoms. The maximum Gasteiger partial charge on any atom is 0.336 e. The number of hydrogen-bond donors (Lipinski definition) is 0. The number of aromatic nitrogens is 2. The Morgan fingerprint density at radius 3 is 2.75 bits per heavy atom. The molecular formula is C25H21FN2O4. The van der Waals surface area contributed by atoms with E-state index in [1.807, 2.05) is 19.9 Å². The standard InChI is InChI=1S/C25H21FN2O4/c1-14-8-15(4-6-18(14)26)19-11-23(28-13-27-19)31-22-10-17-9-16-5-7-24(29)30-20(16)12-21(17)32-25(22,2)3/h4-9,11-13,22H,10H2,1-3H3/t22-/m0/s1. The highest BCUT2D eigenvalue weighted by molar-refractivity contribution is 5.79. The number of ether oxygens (including phenoxy) is 2. The summed E-state index contributed by atoms with van der Waals surface area (Å²) in [4.78, 5) is 20.1. The molecule has 7 heteroatoms. The fraction of sp³-hybridized carbons (Fsp3) is 0.240. The van der Waals surface area contributed by atoms with Gasteiger partial charge in [0, 0.05) is 35.6 Å². The summed E-state index contributed by atoms with van der Waals surface area (Å²) in [6.45, 7) is 5.60. The molecule has 0 saturated carbocycles. The second-order valence-corrected chi connectivity index (χ2v) is 8.47. The summed E-state index contributed by atoms with van der Waals surface area (Å²) in [7, 11) is 0. The van der Waals surface area contributed by atoms with Gasteiger partial charge in [-0.25, -0.2) is 19.2 Å². The quantitative estimate of drug-likeness (QED) is 0.431. The van der Waals surface area contributed by atoms with Crippen LogP contribution in [0.15, 0.2) is 64.1 Å². The lowest BCUT2D eigenvalue weighted by molar-refractivity contribution is -0.0287.